The Bertz CT molecular complexity index is 580. The van der Waals surface area contributed by atoms with E-state index in [4.69, 9.17) is 0 Å². The van der Waals surface area contributed by atoms with E-state index in [1.54, 1.807) is 0 Å². The second-order valence-corrected chi connectivity index (χ2v) is 6.30. The molecule has 1 aromatic rings. The van der Waals surface area contributed by atoms with E-state index in [2.05, 4.69) is 0 Å². The third-order valence-electron chi connectivity index (χ3n) is 3.26. The van der Waals surface area contributed by atoms with Crippen molar-refractivity contribution in [2.75, 3.05) is 17.9 Å². The Morgan fingerprint density at radius 2 is 2.10 bits per heavy atom. The zero-order valence-corrected chi connectivity index (χ0v) is 11.5. The van der Waals surface area contributed by atoms with Gasteiger partial charge in [-0.2, -0.15) is 12.7 Å². The number of hydrogen-bond acceptors (Lipinski definition) is 3. The molecule has 1 atom stereocenters. The summed E-state index contributed by atoms with van der Waals surface area (Å²) in [5.74, 6) is -1.59. The van der Waals surface area contributed by atoms with Crippen molar-refractivity contribution < 1.29 is 22.3 Å². The van der Waals surface area contributed by atoms with Crippen LogP contribution < -0.4 is 4.72 Å². The summed E-state index contributed by atoms with van der Waals surface area (Å²) in [5.41, 5.74) is -0.438. The Morgan fingerprint density at radius 1 is 1.35 bits per heavy atom. The molecule has 0 aliphatic carbocycles. The molecule has 1 fully saturated rings. The fourth-order valence-corrected chi connectivity index (χ4v) is 3.73. The Hall–Kier alpha value is -1.25. The van der Waals surface area contributed by atoms with Gasteiger partial charge < -0.3 is 5.11 Å². The third-order valence-corrected chi connectivity index (χ3v) is 4.84. The maximum Gasteiger partial charge on any atom is 0.302 e. The molecule has 5 nitrogen and oxygen atoms in total. The molecule has 20 heavy (non-hydrogen) atoms. The molecule has 0 saturated carbocycles. The van der Waals surface area contributed by atoms with Gasteiger partial charge in [0.25, 0.3) is 0 Å². The van der Waals surface area contributed by atoms with Crippen LogP contribution in [0.5, 0.6) is 0 Å². The van der Waals surface area contributed by atoms with Gasteiger partial charge in [0, 0.05) is 18.7 Å². The third kappa shape index (κ3) is 3.25. The highest BCUT2D eigenvalue weighted by molar-refractivity contribution is 7.90. The normalized spacial score (nSPS) is 20.9. The minimum Gasteiger partial charge on any atom is -0.395 e. The molecule has 1 aliphatic heterocycles. The van der Waals surface area contributed by atoms with Crippen molar-refractivity contribution in [3.05, 3.63) is 29.8 Å². The predicted molar refractivity (Wildman–Crippen MR) is 70.3 cm³/mol. The molecular formula is C12H16F2N2O3S. The van der Waals surface area contributed by atoms with Crippen LogP contribution in [0.15, 0.2) is 18.2 Å². The van der Waals surface area contributed by atoms with Gasteiger partial charge in [0.1, 0.15) is 11.6 Å². The summed E-state index contributed by atoms with van der Waals surface area (Å²) in [5, 5.41) is 9.22. The SMILES string of the molecule is O=S(=O)(Nc1cc(F)ccc1F)N1CCCCC1CO. The Kier molecular flexibility index (Phi) is 4.56. The summed E-state index contributed by atoms with van der Waals surface area (Å²) < 4.78 is 54.1. The maximum absolute atomic E-state index is 13.5. The number of aliphatic hydroxyl groups is 1. The molecule has 1 aromatic carbocycles. The summed E-state index contributed by atoms with van der Waals surface area (Å²) >= 11 is 0. The van der Waals surface area contributed by atoms with Gasteiger partial charge in [-0.05, 0) is 25.0 Å². The second-order valence-electron chi connectivity index (χ2n) is 4.67. The summed E-state index contributed by atoms with van der Waals surface area (Å²) in [6.07, 6.45) is 2.04. The van der Waals surface area contributed by atoms with Gasteiger partial charge in [-0.15, -0.1) is 0 Å². The van der Waals surface area contributed by atoms with Gasteiger partial charge in [-0.1, -0.05) is 6.42 Å². The summed E-state index contributed by atoms with van der Waals surface area (Å²) in [4.78, 5) is 0. The molecule has 0 aromatic heterocycles. The number of benzene rings is 1. The van der Waals surface area contributed by atoms with Crippen LogP contribution in [0.2, 0.25) is 0 Å². The van der Waals surface area contributed by atoms with Crippen molar-refractivity contribution in [1.82, 2.24) is 4.31 Å². The van der Waals surface area contributed by atoms with Gasteiger partial charge in [-0.25, -0.2) is 8.78 Å². The summed E-state index contributed by atoms with van der Waals surface area (Å²) in [6, 6.07) is 2.01. The predicted octanol–water partition coefficient (Wildman–Crippen LogP) is 1.47. The highest BCUT2D eigenvalue weighted by atomic mass is 32.2. The van der Waals surface area contributed by atoms with Crippen molar-refractivity contribution in [2.24, 2.45) is 0 Å². The van der Waals surface area contributed by atoms with Crippen molar-refractivity contribution in [3.63, 3.8) is 0 Å². The minimum atomic E-state index is -4.02. The summed E-state index contributed by atoms with van der Waals surface area (Å²) in [7, 11) is -4.02. The number of nitrogens with one attached hydrogen (secondary N) is 1. The monoisotopic (exact) mass is 306 g/mol. The fourth-order valence-electron chi connectivity index (χ4n) is 2.25. The van der Waals surface area contributed by atoms with Crippen LogP contribution in [0.4, 0.5) is 14.5 Å². The van der Waals surface area contributed by atoms with E-state index in [0.29, 0.717) is 12.8 Å². The van der Waals surface area contributed by atoms with Crippen LogP contribution in [0.3, 0.4) is 0 Å². The fraction of sp³-hybridized carbons (Fsp3) is 0.500. The van der Waals surface area contributed by atoms with Gasteiger partial charge in [0.2, 0.25) is 0 Å². The highest BCUT2D eigenvalue weighted by Gasteiger charge is 2.32. The summed E-state index contributed by atoms with van der Waals surface area (Å²) in [6.45, 7) is -0.0515. The molecule has 0 amide bonds. The minimum absolute atomic E-state index is 0.248. The van der Waals surface area contributed by atoms with Crippen molar-refractivity contribution in [1.29, 1.82) is 0 Å². The van der Waals surface area contributed by atoms with E-state index in [-0.39, 0.29) is 13.2 Å². The lowest BCUT2D eigenvalue weighted by Crippen LogP contribution is -2.48. The Balaban J connectivity index is 2.24. The van der Waals surface area contributed by atoms with Crippen LogP contribution in [-0.4, -0.2) is 37.0 Å². The van der Waals surface area contributed by atoms with E-state index in [1.165, 1.54) is 0 Å². The van der Waals surface area contributed by atoms with Crippen LogP contribution in [0.1, 0.15) is 19.3 Å². The average molecular weight is 306 g/mol. The average Bonchev–Trinajstić information content (AvgIpc) is 2.42. The quantitative estimate of drug-likeness (QED) is 0.885. The first-order valence-electron chi connectivity index (χ1n) is 6.29. The number of anilines is 1. The molecule has 8 heteroatoms. The van der Waals surface area contributed by atoms with E-state index < -0.39 is 33.6 Å². The highest BCUT2D eigenvalue weighted by Crippen LogP contribution is 2.23. The standard InChI is InChI=1S/C12H16F2N2O3S/c13-9-4-5-11(14)12(7-9)15-20(18,19)16-6-2-1-3-10(16)8-17/h4-5,7,10,15,17H,1-3,6,8H2. The van der Waals surface area contributed by atoms with E-state index in [0.717, 1.165) is 28.9 Å². The lowest BCUT2D eigenvalue weighted by molar-refractivity contribution is 0.156. The largest absolute Gasteiger partial charge is 0.395 e. The molecule has 0 bridgehead atoms. The maximum atomic E-state index is 13.5. The molecular weight excluding hydrogens is 290 g/mol. The Morgan fingerprint density at radius 3 is 2.80 bits per heavy atom. The number of aliphatic hydroxyl groups excluding tert-OH is 1. The number of hydrogen-bond donors (Lipinski definition) is 2. The van der Waals surface area contributed by atoms with Crippen molar-refractivity contribution in [3.8, 4) is 0 Å². The van der Waals surface area contributed by atoms with E-state index >= 15 is 0 Å². The zero-order chi connectivity index (χ0) is 14.8. The molecule has 1 unspecified atom stereocenters. The van der Waals surface area contributed by atoms with Gasteiger partial charge in [0.05, 0.1) is 12.3 Å². The molecule has 112 valence electrons. The van der Waals surface area contributed by atoms with Crippen LogP contribution in [0, 0.1) is 11.6 Å². The zero-order valence-electron chi connectivity index (χ0n) is 10.7. The lowest BCUT2D eigenvalue weighted by Gasteiger charge is -2.33. The van der Waals surface area contributed by atoms with Gasteiger partial charge >= 0.3 is 10.2 Å². The van der Waals surface area contributed by atoms with Crippen LogP contribution >= 0.6 is 0 Å². The number of halogens is 2. The molecule has 1 aliphatic rings. The molecule has 1 saturated heterocycles. The topological polar surface area (TPSA) is 69.6 Å². The molecule has 2 N–H and O–H groups in total. The molecule has 0 spiro atoms. The number of piperidine rings is 1. The smallest absolute Gasteiger partial charge is 0.302 e. The van der Waals surface area contributed by atoms with Crippen LogP contribution in [-0.2, 0) is 10.2 Å². The van der Waals surface area contributed by atoms with Gasteiger partial charge in [0.15, 0.2) is 0 Å². The number of rotatable bonds is 4. The first-order valence-corrected chi connectivity index (χ1v) is 7.73. The Labute approximate surface area is 116 Å². The van der Waals surface area contributed by atoms with E-state index in [9.17, 15) is 22.3 Å². The van der Waals surface area contributed by atoms with E-state index in [1.807, 2.05) is 4.72 Å². The van der Waals surface area contributed by atoms with Crippen molar-refractivity contribution >= 4 is 15.9 Å². The molecule has 2 rings (SSSR count). The molecule has 0 radical (unpaired) electrons. The van der Waals surface area contributed by atoms with Crippen molar-refractivity contribution in [2.45, 2.75) is 25.3 Å². The second kappa shape index (κ2) is 6.02. The first-order chi connectivity index (χ1) is 9.44. The number of nitrogens with zero attached hydrogens (tertiary/aromatic N) is 1. The van der Waals surface area contributed by atoms with Gasteiger partial charge in [-0.3, -0.25) is 4.72 Å². The molecule has 1 heterocycles. The van der Waals surface area contributed by atoms with Crippen LogP contribution in [0.25, 0.3) is 0 Å². The first kappa shape index (κ1) is 15.1. The lowest BCUT2D eigenvalue weighted by atomic mass is 10.1.